The Hall–Kier alpha value is -3.81. The molecule has 3 aromatic carbocycles. The minimum atomic E-state index is -0.499. The van der Waals surface area contributed by atoms with E-state index in [-0.39, 0.29) is 31.5 Å². The number of esters is 1. The standard InChI is InChI=1S/C27H21ClO7/c1-16-22(32-14-24(29)33-12-17-5-3-2-4-6-17)8-7-21-25(30)23(35-26(16)21)11-18-9-20(28)10-19-13-31-15-34-27(18)19/h2-11H,12-15H2,1H3/b23-11-. The molecule has 0 spiro atoms. The average Bonchev–Trinajstić information content (AvgIpc) is 3.18. The van der Waals surface area contributed by atoms with Gasteiger partial charge in [0.15, 0.2) is 19.2 Å². The van der Waals surface area contributed by atoms with Gasteiger partial charge in [0.2, 0.25) is 5.78 Å². The minimum absolute atomic E-state index is 0.118. The van der Waals surface area contributed by atoms with Crippen LogP contribution in [0.25, 0.3) is 6.08 Å². The summed E-state index contributed by atoms with van der Waals surface area (Å²) >= 11 is 6.24. The molecule has 5 rings (SSSR count). The predicted octanol–water partition coefficient (Wildman–Crippen LogP) is 5.25. The maximum absolute atomic E-state index is 13.0. The lowest BCUT2D eigenvalue weighted by atomic mass is 10.0. The lowest BCUT2D eigenvalue weighted by Gasteiger charge is -2.20. The van der Waals surface area contributed by atoms with E-state index >= 15 is 0 Å². The quantitative estimate of drug-likeness (QED) is 0.343. The van der Waals surface area contributed by atoms with E-state index in [0.29, 0.717) is 45.6 Å². The van der Waals surface area contributed by atoms with Gasteiger partial charge in [-0.1, -0.05) is 41.9 Å². The van der Waals surface area contributed by atoms with Gasteiger partial charge >= 0.3 is 5.97 Å². The van der Waals surface area contributed by atoms with Crippen molar-refractivity contribution in [3.05, 3.63) is 93.2 Å². The Bertz CT molecular complexity index is 1330. The van der Waals surface area contributed by atoms with Crippen molar-refractivity contribution in [2.75, 3.05) is 13.4 Å². The summed E-state index contributed by atoms with van der Waals surface area (Å²) in [5, 5.41) is 0.499. The monoisotopic (exact) mass is 492 g/mol. The second-order valence-corrected chi connectivity index (χ2v) is 8.47. The number of benzene rings is 3. The Morgan fingerprint density at radius 2 is 1.94 bits per heavy atom. The van der Waals surface area contributed by atoms with E-state index < -0.39 is 5.97 Å². The van der Waals surface area contributed by atoms with Gasteiger partial charge in [-0.25, -0.2) is 4.79 Å². The van der Waals surface area contributed by atoms with E-state index in [1.165, 1.54) is 0 Å². The predicted molar refractivity (Wildman–Crippen MR) is 128 cm³/mol. The molecule has 0 saturated carbocycles. The SMILES string of the molecule is Cc1c(OCC(=O)OCc2ccccc2)ccc2c1O/C(=C\c1cc(Cl)cc3c1OCOC3)C2=O. The third kappa shape index (κ3) is 4.87. The number of rotatable bonds is 6. The second-order valence-electron chi connectivity index (χ2n) is 8.03. The van der Waals surface area contributed by atoms with Gasteiger partial charge < -0.3 is 23.7 Å². The zero-order valence-electron chi connectivity index (χ0n) is 18.8. The number of ether oxygens (including phenoxy) is 5. The molecule has 0 saturated heterocycles. The van der Waals surface area contributed by atoms with Gasteiger partial charge in [-0.3, -0.25) is 4.79 Å². The summed E-state index contributed by atoms with van der Waals surface area (Å²) in [6, 6.07) is 16.1. The number of carbonyl (C=O) groups is 2. The van der Waals surface area contributed by atoms with Crippen LogP contribution in [-0.4, -0.2) is 25.2 Å². The number of hydrogen-bond acceptors (Lipinski definition) is 7. The largest absolute Gasteiger partial charge is 0.481 e. The highest BCUT2D eigenvalue weighted by atomic mass is 35.5. The number of Topliss-reactive ketones (excluding diaryl/α,β-unsaturated/α-hetero) is 1. The van der Waals surface area contributed by atoms with Crippen molar-refractivity contribution < 1.29 is 33.3 Å². The smallest absolute Gasteiger partial charge is 0.344 e. The number of hydrogen-bond donors (Lipinski definition) is 0. The normalized spacial score (nSPS) is 15.1. The summed E-state index contributed by atoms with van der Waals surface area (Å²) in [7, 11) is 0. The van der Waals surface area contributed by atoms with Crippen LogP contribution < -0.4 is 14.2 Å². The van der Waals surface area contributed by atoms with Gasteiger partial charge in [0.05, 0.1) is 12.2 Å². The molecule has 0 aliphatic carbocycles. The Morgan fingerprint density at radius 1 is 1.11 bits per heavy atom. The number of carbonyl (C=O) groups excluding carboxylic acids is 2. The molecule has 0 amide bonds. The molecule has 0 bridgehead atoms. The fraction of sp³-hybridized carbons (Fsp3) is 0.185. The third-order valence-electron chi connectivity index (χ3n) is 5.61. The second kappa shape index (κ2) is 9.82. The van der Waals surface area contributed by atoms with Crippen LogP contribution in [-0.2, 0) is 27.5 Å². The zero-order valence-corrected chi connectivity index (χ0v) is 19.6. The maximum Gasteiger partial charge on any atom is 0.344 e. The minimum Gasteiger partial charge on any atom is -0.481 e. The van der Waals surface area contributed by atoms with Crippen molar-refractivity contribution in [1.82, 2.24) is 0 Å². The number of fused-ring (bicyclic) bond motifs is 2. The van der Waals surface area contributed by atoms with Crippen LogP contribution in [0.2, 0.25) is 5.02 Å². The molecule has 8 heteroatoms. The zero-order chi connectivity index (χ0) is 24.4. The molecule has 35 heavy (non-hydrogen) atoms. The number of halogens is 1. The lowest BCUT2D eigenvalue weighted by Crippen LogP contribution is -2.15. The molecule has 0 N–H and O–H groups in total. The highest BCUT2D eigenvalue weighted by Gasteiger charge is 2.31. The van der Waals surface area contributed by atoms with E-state index in [2.05, 4.69) is 0 Å². The first-order valence-corrected chi connectivity index (χ1v) is 11.3. The van der Waals surface area contributed by atoms with Gasteiger partial charge in [-0.15, -0.1) is 0 Å². The van der Waals surface area contributed by atoms with Gasteiger partial charge in [-0.05, 0) is 42.8 Å². The summed E-state index contributed by atoms with van der Waals surface area (Å²) in [5.41, 5.74) is 3.33. The van der Waals surface area contributed by atoms with Crippen molar-refractivity contribution in [3.63, 3.8) is 0 Å². The highest BCUT2D eigenvalue weighted by Crippen LogP contribution is 2.40. The fourth-order valence-electron chi connectivity index (χ4n) is 3.90. The summed E-state index contributed by atoms with van der Waals surface area (Å²) < 4.78 is 27.8. The van der Waals surface area contributed by atoms with E-state index in [0.717, 1.165) is 11.1 Å². The van der Waals surface area contributed by atoms with Crippen molar-refractivity contribution in [2.45, 2.75) is 20.1 Å². The summed E-state index contributed by atoms with van der Waals surface area (Å²) in [6.45, 7) is 2.15. The fourth-order valence-corrected chi connectivity index (χ4v) is 4.15. The van der Waals surface area contributed by atoms with Gasteiger partial charge in [-0.2, -0.15) is 0 Å². The molecular weight excluding hydrogens is 472 g/mol. The van der Waals surface area contributed by atoms with Gasteiger partial charge in [0.1, 0.15) is 23.9 Å². The Kier molecular flexibility index (Phi) is 6.44. The van der Waals surface area contributed by atoms with E-state index in [1.807, 2.05) is 30.3 Å². The third-order valence-corrected chi connectivity index (χ3v) is 5.83. The van der Waals surface area contributed by atoms with Crippen LogP contribution in [0.4, 0.5) is 0 Å². The summed E-state index contributed by atoms with van der Waals surface area (Å²) in [6.07, 6.45) is 1.61. The summed E-state index contributed by atoms with van der Waals surface area (Å²) in [5.74, 6) is 0.794. The molecule has 0 radical (unpaired) electrons. The van der Waals surface area contributed by atoms with Crippen LogP contribution in [0, 0.1) is 6.92 Å². The summed E-state index contributed by atoms with van der Waals surface area (Å²) in [4.78, 5) is 25.1. The molecular formula is C27H21ClO7. The molecule has 178 valence electrons. The molecule has 0 aromatic heterocycles. The first kappa shape index (κ1) is 23.0. The Morgan fingerprint density at radius 3 is 2.77 bits per heavy atom. The number of allylic oxidation sites excluding steroid dienone is 1. The molecule has 2 aliphatic heterocycles. The molecule has 3 aromatic rings. The molecule has 2 aliphatic rings. The van der Waals surface area contributed by atoms with E-state index in [1.54, 1.807) is 37.3 Å². The Labute approximate surface area is 206 Å². The first-order chi connectivity index (χ1) is 17.0. The highest BCUT2D eigenvalue weighted by molar-refractivity contribution is 6.31. The van der Waals surface area contributed by atoms with Crippen LogP contribution >= 0.6 is 11.6 Å². The molecule has 0 unspecified atom stereocenters. The first-order valence-electron chi connectivity index (χ1n) is 10.9. The van der Waals surface area contributed by atoms with Crippen LogP contribution in [0.1, 0.15) is 32.6 Å². The molecule has 7 nitrogen and oxygen atoms in total. The number of ketones is 1. The average molecular weight is 493 g/mol. The van der Waals surface area contributed by atoms with E-state index in [4.69, 9.17) is 35.3 Å². The molecule has 0 atom stereocenters. The molecule has 2 heterocycles. The van der Waals surface area contributed by atoms with Crippen molar-refractivity contribution in [1.29, 1.82) is 0 Å². The van der Waals surface area contributed by atoms with E-state index in [9.17, 15) is 9.59 Å². The van der Waals surface area contributed by atoms with Crippen LogP contribution in [0.5, 0.6) is 17.2 Å². The molecule has 0 fully saturated rings. The topological polar surface area (TPSA) is 80.3 Å². The lowest BCUT2D eigenvalue weighted by molar-refractivity contribution is -0.147. The van der Waals surface area contributed by atoms with Crippen molar-refractivity contribution in [3.8, 4) is 17.2 Å². The maximum atomic E-state index is 13.0. The van der Waals surface area contributed by atoms with Crippen LogP contribution in [0.15, 0.2) is 60.4 Å². The van der Waals surface area contributed by atoms with Crippen molar-refractivity contribution >= 4 is 29.4 Å². The van der Waals surface area contributed by atoms with Crippen molar-refractivity contribution in [2.24, 2.45) is 0 Å². The van der Waals surface area contributed by atoms with Crippen LogP contribution in [0.3, 0.4) is 0 Å². The Balaban J connectivity index is 1.30. The van der Waals surface area contributed by atoms with Gasteiger partial charge in [0, 0.05) is 21.7 Å². The van der Waals surface area contributed by atoms with Gasteiger partial charge in [0.25, 0.3) is 0 Å².